The Labute approximate surface area is 113 Å². The molecule has 100 valence electrons. The largest absolute Gasteiger partial charge is 0.295 e. The molecule has 0 aliphatic rings. The summed E-state index contributed by atoms with van der Waals surface area (Å²) in [6.45, 7) is 5.80. The van der Waals surface area contributed by atoms with Crippen LogP contribution in [0, 0.1) is 20.8 Å². The molecule has 0 spiro atoms. The molecule has 4 heteroatoms. The van der Waals surface area contributed by atoms with Gasteiger partial charge < -0.3 is 0 Å². The van der Waals surface area contributed by atoms with Crippen LogP contribution in [0.25, 0.3) is 11.1 Å². The summed E-state index contributed by atoms with van der Waals surface area (Å²) in [6, 6.07) is 10.7. The second-order valence-corrected chi connectivity index (χ2v) is 6.24. The third-order valence-corrected chi connectivity index (χ3v) is 3.86. The molecule has 0 atom stereocenters. The fraction of sp³-hybridized carbons (Fsp3) is 0.200. The lowest BCUT2D eigenvalue weighted by Crippen LogP contribution is -2.01. The Hall–Kier alpha value is -1.65. The van der Waals surface area contributed by atoms with E-state index in [4.69, 9.17) is 0 Å². The van der Waals surface area contributed by atoms with Crippen LogP contribution in [0.4, 0.5) is 0 Å². The van der Waals surface area contributed by atoms with Crippen LogP contribution in [0.1, 0.15) is 16.7 Å². The van der Waals surface area contributed by atoms with Crippen LogP contribution in [-0.4, -0.2) is 13.0 Å². The molecule has 0 radical (unpaired) electrons. The quantitative estimate of drug-likeness (QED) is 0.854. The Kier molecular flexibility index (Phi) is 3.47. The molecule has 0 saturated carbocycles. The maximum Gasteiger partial charge on any atom is 0.295 e. The molecule has 0 aliphatic carbocycles. The van der Waals surface area contributed by atoms with Crippen LogP contribution < -0.4 is 0 Å². The minimum absolute atomic E-state index is 0.0527. The molecule has 0 heterocycles. The van der Waals surface area contributed by atoms with Crippen LogP contribution in [0.3, 0.4) is 0 Å². The number of rotatable bonds is 2. The molecule has 2 aromatic carbocycles. The van der Waals surface area contributed by atoms with E-state index in [9.17, 15) is 13.0 Å². The Balaban J connectivity index is 2.77. The van der Waals surface area contributed by atoms with Crippen molar-refractivity contribution in [2.24, 2.45) is 0 Å². The third-order valence-electron chi connectivity index (χ3n) is 2.95. The van der Waals surface area contributed by atoms with Gasteiger partial charge in [-0.1, -0.05) is 47.0 Å². The molecule has 19 heavy (non-hydrogen) atoms. The Morgan fingerprint density at radius 1 is 0.842 bits per heavy atom. The molecule has 0 aromatic heterocycles. The highest BCUT2D eigenvalue weighted by molar-refractivity contribution is 7.86. The van der Waals surface area contributed by atoms with Crippen molar-refractivity contribution in [2.45, 2.75) is 25.7 Å². The monoisotopic (exact) mass is 276 g/mol. The first-order valence-corrected chi connectivity index (χ1v) is 7.38. The first-order valence-electron chi connectivity index (χ1n) is 5.94. The summed E-state index contributed by atoms with van der Waals surface area (Å²) < 4.78 is 32.3. The summed E-state index contributed by atoms with van der Waals surface area (Å²) in [5, 5.41) is 0. The molecular weight excluding hydrogens is 260 g/mol. The van der Waals surface area contributed by atoms with Crippen LogP contribution in [0.2, 0.25) is 0 Å². The van der Waals surface area contributed by atoms with Gasteiger partial charge in [0.05, 0.1) is 0 Å². The van der Waals surface area contributed by atoms with Gasteiger partial charge in [-0.3, -0.25) is 4.55 Å². The van der Waals surface area contributed by atoms with Gasteiger partial charge >= 0.3 is 0 Å². The zero-order valence-corrected chi connectivity index (χ0v) is 12.0. The first-order chi connectivity index (χ1) is 8.77. The summed E-state index contributed by atoms with van der Waals surface area (Å²) >= 11 is 0. The van der Waals surface area contributed by atoms with Crippen LogP contribution in [-0.2, 0) is 10.1 Å². The highest BCUT2D eigenvalue weighted by atomic mass is 32.2. The number of aryl methyl sites for hydroxylation is 3. The van der Waals surface area contributed by atoms with E-state index in [1.54, 1.807) is 12.1 Å². The molecule has 0 bridgehead atoms. The highest BCUT2D eigenvalue weighted by Gasteiger charge is 2.16. The fourth-order valence-corrected chi connectivity index (χ4v) is 2.92. The van der Waals surface area contributed by atoms with Crippen molar-refractivity contribution in [3.63, 3.8) is 0 Å². The standard InChI is InChI=1S/C15H16O3S/c1-10-4-5-15(19(16,17)18)14(9-10)13-7-11(2)6-12(3)8-13/h4-9H,1-3H3,(H,16,17,18). The molecular formula is C15H16O3S. The van der Waals surface area contributed by atoms with E-state index in [-0.39, 0.29) is 4.90 Å². The van der Waals surface area contributed by atoms with Gasteiger partial charge in [0, 0.05) is 5.56 Å². The Morgan fingerprint density at radius 2 is 1.42 bits per heavy atom. The average molecular weight is 276 g/mol. The van der Waals surface area contributed by atoms with E-state index in [2.05, 4.69) is 0 Å². The van der Waals surface area contributed by atoms with Gasteiger partial charge in [-0.25, -0.2) is 0 Å². The summed E-state index contributed by atoms with van der Waals surface area (Å²) in [4.78, 5) is -0.0527. The topological polar surface area (TPSA) is 54.4 Å². The molecule has 1 N–H and O–H groups in total. The SMILES string of the molecule is Cc1cc(C)cc(-c2cc(C)ccc2S(=O)(=O)O)c1. The average Bonchev–Trinajstić information content (AvgIpc) is 2.25. The first kappa shape index (κ1) is 13.8. The molecule has 0 fully saturated rings. The van der Waals surface area contributed by atoms with E-state index < -0.39 is 10.1 Å². The van der Waals surface area contributed by atoms with Crippen molar-refractivity contribution in [2.75, 3.05) is 0 Å². The fourth-order valence-electron chi connectivity index (χ4n) is 2.22. The maximum atomic E-state index is 11.5. The van der Waals surface area contributed by atoms with Gasteiger partial charge in [-0.2, -0.15) is 8.42 Å². The van der Waals surface area contributed by atoms with Crippen molar-refractivity contribution < 1.29 is 13.0 Å². The number of hydrogen-bond acceptors (Lipinski definition) is 2. The van der Waals surface area contributed by atoms with Crippen LogP contribution >= 0.6 is 0 Å². The predicted octanol–water partition coefficient (Wildman–Crippen LogP) is 3.53. The van der Waals surface area contributed by atoms with Crippen LogP contribution in [0.15, 0.2) is 41.3 Å². The maximum absolute atomic E-state index is 11.5. The summed E-state index contributed by atoms with van der Waals surface area (Å²) in [5.41, 5.74) is 4.39. The second kappa shape index (κ2) is 4.79. The molecule has 2 rings (SSSR count). The van der Waals surface area contributed by atoms with Gasteiger partial charge in [0.1, 0.15) is 4.90 Å². The van der Waals surface area contributed by atoms with Crippen molar-refractivity contribution >= 4 is 10.1 Å². The van der Waals surface area contributed by atoms with Crippen molar-refractivity contribution in [1.29, 1.82) is 0 Å². The molecule has 0 amide bonds. The lowest BCUT2D eigenvalue weighted by molar-refractivity contribution is 0.483. The van der Waals surface area contributed by atoms with E-state index in [0.29, 0.717) is 5.56 Å². The lowest BCUT2D eigenvalue weighted by Gasteiger charge is -2.10. The van der Waals surface area contributed by atoms with Gasteiger partial charge in [0.2, 0.25) is 0 Å². The van der Waals surface area contributed by atoms with E-state index in [1.807, 2.05) is 39.0 Å². The third kappa shape index (κ3) is 3.03. The second-order valence-electron chi connectivity index (χ2n) is 4.85. The predicted molar refractivity (Wildman–Crippen MR) is 75.9 cm³/mol. The van der Waals surface area contributed by atoms with E-state index >= 15 is 0 Å². The van der Waals surface area contributed by atoms with Gasteiger partial charge in [0.25, 0.3) is 10.1 Å². The number of benzene rings is 2. The Bertz CT molecular complexity index is 711. The minimum Gasteiger partial charge on any atom is -0.282 e. The Morgan fingerprint density at radius 3 is 1.95 bits per heavy atom. The van der Waals surface area contributed by atoms with E-state index in [0.717, 1.165) is 22.3 Å². The van der Waals surface area contributed by atoms with Gasteiger partial charge in [-0.05, 0) is 32.4 Å². The van der Waals surface area contributed by atoms with Gasteiger partial charge in [-0.15, -0.1) is 0 Å². The molecule has 0 unspecified atom stereocenters. The minimum atomic E-state index is -4.22. The smallest absolute Gasteiger partial charge is 0.282 e. The number of hydrogen-bond donors (Lipinski definition) is 1. The summed E-state index contributed by atoms with van der Waals surface area (Å²) in [5.74, 6) is 0. The van der Waals surface area contributed by atoms with Crippen molar-refractivity contribution in [1.82, 2.24) is 0 Å². The van der Waals surface area contributed by atoms with Crippen LogP contribution in [0.5, 0.6) is 0 Å². The molecule has 0 aliphatic heterocycles. The van der Waals surface area contributed by atoms with Gasteiger partial charge in [0.15, 0.2) is 0 Å². The lowest BCUT2D eigenvalue weighted by atomic mass is 9.99. The zero-order valence-electron chi connectivity index (χ0n) is 11.1. The molecule has 3 nitrogen and oxygen atoms in total. The molecule has 0 saturated heterocycles. The van der Waals surface area contributed by atoms with Crippen molar-refractivity contribution in [3.05, 3.63) is 53.1 Å². The van der Waals surface area contributed by atoms with E-state index in [1.165, 1.54) is 6.07 Å². The zero-order chi connectivity index (χ0) is 14.2. The molecule has 2 aromatic rings. The summed E-state index contributed by atoms with van der Waals surface area (Å²) in [7, 11) is -4.22. The highest BCUT2D eigenvalue weighted by Crippen LogP contribution is 2.29. The summed E-state index contributed by atoms with van der Waals surface area (Å²) in [6.07, 6.45) is 0. The van der Waals surface area contributed by atoms with Crippen molar-refractivity contribution in [3.8, 4) is 11.1 Å². The normalized spacial score (nSPS) is 11.6.